The highest BCUT2D eigenvalue weighted by molar-refractivity contribution is 7.12. The van der Waals surface area contributed by atoms with Gasteiger partial charge in [-0.25, -0.2) is 0 Å². The number of nitrogens with two attached hydrogens (primary N) is 1. The van der Waals surface area contributed by atoms with Crippen LogP contribution in [-0.4, -0.2) is 23.9 Å². The summed E-state index contributed by atoms with van der Waals surface area (Å²) in [6.07, 6.45) is 5.79. The number of ether oxygens (including phenoxy) is 1. The first-order valence-corrected chi connectivity index (χ1v) is 9.06. The van der Waals surface area contributed by atoms with Crippen LogP contribution < -0.4 is 10.5 Å². The molecule has 130 valence electrons. The average Bonchev–Trinajstić information content (AvgIpc) is 3.01. The summed E-state index contributed by atoms with van der Waals surface area (Å²) in [7, 11) is 0. The number of aryl methyl sites for hydroxylation is 3. The zero-order valence-corrected chi connectivity index (χ0v) is 15.5. The molecule has 4 heteroatoms. The van der Waals surface area contributed by atoms with Crippen molar-refractivity contribution in [3.05, 3.63) is 57.3 Å². The maximum atomic E-state index is 9.20. The highest BCUT2D eigenvalue weighted by atomic mass is 32.1. The minimum Gasteiger partial charge on any atom is -0.490 e. The van der Waals surface area contributed by atoms with Gasteiger partial charge in [0.25, 0.3) is 0 Å². The van der Waals surface area contributed by atoms with Crippen molar-refractivity contribution in [3.8, 4) is 5.75 Å². The highest BCUT2D eigenvalue weighted by Crippen LogP contribution is 2.22. The molecular weight excluding hydrogens is 318 g/mol. The summed E-state index contributed by atoms with van der Waals surface area (Å²) in [6.45, 7) is 6.64. The summed E-state index contributed by atoms with van der Waals surface area (Å²) in [6, 6.07) is 10.4. The van der Waals surface area contributed by atoms with Crippen molar-refractivity contribution in [3.63, 3.8) is 0 Å². The van der Waals surface area contributed by atoms with E-state index in [1.165, 1.54) is 20.9 Å². The smallest absolute Gasteiger partial charge is 0.120 e. The van der Waals surface area contributed by atoms with E-state index in [2.05, 4.69) is 44.2 Å². The number of thiophene rings is 1. The molecule has 2 rings (SSSR count). The van der Waals surface area contributed by atoms with Crippen molar-refractivity contribution in [2.75, 3.05) is 13.2 Å². The Morgan fingerprint density at radius 2 is 2.00 bits per heavy atom. The van der Waals surface area contributed by atoms with Crippen LogP contribution in [0.4, 0.5) is 0 Å². The molecule has 0 fully saturated rings. The molecule has 2 aromatic rings. The van der Waals surface area contributed by atoms with Crippen LogP contribution in [0.25, 0.3) is 6.08 Å². The third-order valence-electron chi connectivity index (χ3n) is 4.09. The molecule has 24 heavy (non-hydrogen) atoms. The van der Waals surface area contributed by atoms with Crippen LogP contribution in [0.15, 0.2) is 36.4 Å². The summed E-state index contributed by atoms with van der Waals surface area (Å²) in [5.74, 6) is 0.904. The van der Waals surface area contributed by atoms with Gasteiger partial charge in [-0.3, -0.25) is 0 Å². The first-order valence-electron chi connectivity index (χ1n) is 8.25. The van der Waals surface area contributed by atoms with E-state index in [4.69, 9.17) is 10.5 Å². The Kier molecular flexibility index (Phi) is 6.60. The monoisotopic (exact) mass is 345 g/mol. The Labute approximate surface area is 148 Å². The number of hydrogen-bond acceptors (Lipinski definition) is 4. The van der Waals surface area contributed by atoms with Crippen LogP contribution in [0.1, 0.15) is 34.2 Å². The number of hydrogen-bond donors (Lipinski definition) is 2. The molecule has 0 aliphatic carbocycles. The van der Waals surface area contributed by atoms with E-state index in [1.54, 1.807) is 11.3 Å². The van der Waals surface area contributed by atoms with Gasteiger partial charge in [0.2, 0.25) is 0 Å². The summed E-state index contributed by atoms with van der Waals surface area (Å²) in [5.41, 5.74) is 7.99. The zero-order valence-electron chi connectivity index (χ0n) is 14.7. The summed E-state index contributed by atoms with van der Waals surface area (Å²) < 4.78 is 5.75. The molecule has 3 nitrogen and oxygen atoms in total. The van der Waals surface area contributed by atoms with Crippen molar-refractivity contribution in [1.82, 2.24) is 0 Å². The van der Waals surface area contributed by atoms with Gasteiger partial charge in [-0.2, -0.15) is 0 Å². The van der Waals surface area contributed by atoms with Gasteiger partial charge in [-0.05, 0) is 81.2 Å². The fourth-order valence-electron chi connectivity index (χ4n) is 2.22. The molecule has 3 N–H and O–H groups in total. The SMILES string of the molecule is Cc1ccc(OC/C=C/c2ccc(CCC(C)(N)CO)s2)cc1C. The minimum absolute atomic E-state index is 0.0148. The molecule has 0 radical (unpaired) electrons. The molecule has 0 aliphatic rings. The Morgan fingerprint density at radius 1 is 1.21 bits per heavy atom. The van der Waals surface area contributed by atoms with Crippen molar-refractivity contribution in [2.24, 2.45) is 5.73 Å². The Hall–Kier alpha value is -1.62. The summed E-state index contributed by atoms with van der Waals surface area (Å²) >= 11 is 1.76. The van der Waals surface area contributed by atoms with E-state index in [1.807, 2.05) is 19.1 Å². The Morgan fingerprint density at radius 3 is 2.71 bits per heavy atom. The normalized spacial score (nSPS) is 14.0. The van der Waals surface area contributed by atoms with Crippen LogP contribution in [-0.2, 0) is 6.42 Å². The van der Waals surface area contributed by atoms with Gasteiger partial charge >= 0.3 is 0 Å². The molecule has 0 bridgehead atoms. The molecular formula is C20H27NO2S. The first-order chi connectivity index (χ1) is 11.4. The van der Waals surface area contributed by atoms with E-state index in [0.29, 0.717) is 6.61 Å². The van der Waals surface area contributed by atoms with E-state index < -0.39 is 5.54 Å². The van der Waals surface area contributed by atoms with Gasteiger partial charge in [-0.15, -0.1) is 11.3 Å². The molecule has 1 unspecified atom stereocenters. The highest BCUT2D eigenvalue weighted by Gasteiger charge is 2.16. The molecule has 1 atom stereocenters. The largest absolute Gasteiger partial charge is 0.490 e. The number of rotatable bonds is 8. The second-order valence-electron chi connectivity index (χ2n) is 6.58. The second-order valence-corrected chi connectivity index (χ2v) is 7.78. The molecule has 1 aromatic carbocycles. The predicted molar refractivity (Wildman–Crippen MR) is 103 cm³/mol. The van der Waals surface area contributed by atoms with Crippen LogP contribution >= 0.6 is 11.3 Å². The Balaban J connectivity index is 1.81. The third-order valence-corrected chi connectivity index (χ3v) is 5.20. The molecule has 0 saturated carbocycles. The van der Waals surface area contributed by atoms with Crippen LogP contribution in [0, 0.1) is 13.8 Å². The van der Waals surface area contributed by atoms with Crippen molar-refractivity contribution < 1.29 is 9.84 Å². The number of aliphatic hydroxyl groups is 1. The molecule has 1 aromatic heterocycles. The summed E-state index contributed by atoms with van der Waals surface area (Å²) in [5, 5.41) is 9.20. The lowest BCUT2D eigenvalue weighted by Crippen LogP contribution is -2.40. The van der Waals surface area contributed by atoms with Crippen LogP contribution in [0.3, 0.4) is 0 Å². The number of benzene rings is 1. The zero-order chi connectivity index (χ0) is 17.6. The van der Waals surface area contributed by atoms with Crippen molar-refractivity contribution in [1.29, 1.82) is 0 Å². The fraction of sp³-hybridized carbons (Fsp3) is 0.400. The van der Waals surface area contributed by atoms with E-state index in [9.17, 15) is 5.11 Å². The minimum atomic E-state index is -0.500. The lowest BCUT2D eigenvalue weighted by molar-refractivity contribution is 0.201. The molecule has 1 heterocycles. The van der Waals surface area contributed by atoms with Gasteiger partial charge < -0.3 is 15.6 Å². The maximum Gasteiger partial charge on any atom is 0.120 e. The predicted octanol–water partition coefficient (Wildman–Crippen LogP) is 4.10. The lowest BCUT2D eigenvalue weighted by Gasteiger charge is -2.20. The van der Waals surface area contributed by atoms with Gasteiger partial charge in [0.15, 0.2) is 0 Å². The molecule has 0 saturated heterocycles. The van der Waals surface area contributed by atoms with Gasteiger partial charge in [0, 0.05) is 15.3 Å². The molecule has 0 amide bonds. The van der Waals surface area contributed by atoms with Crippen LogP contribution in [0.2, 0.25) is 0 Å². The van der Waals surface area contributed by atoms with Crippen molar-refractivity contribution >= 4 is 17.4 Å². The van der Waals surface area contributed by atoms with Crippen LogP contribution in [0.5, 0.6) is 5.75 Å². The van der Waals surface area contributed by atoms with E-state index in [0.717, 1.165) is 18.6 Å². The van der Waals surface area contributed by atoms with E-state index in [-0.39, 0.29) is 6.61 Å². The molecule has 0 aliphatic heterocycles. The van der Waals surface area contributed by atoms with Gasteiger partial charge in [0.1, 0.15) is 12.4 Å². The van der Waals surface area contributed by atoms with Gasteiger partial charge in [-0.1, -0.05) is 6.07 Å². The molecule has 0 spiro atoms. The average molecular weight is 346 g/mol. The quantitative estimate of drug-likeness (QED) is 0.757. The number of aliphatic hydroxyl groups excluding tert-OH is 1. The van der Waals surface area contributed by atoms with E-state index >= 15 is 0 Å². The van der Waals surface area contributed by atoms with Gasteiger partial charge in [0.05, 0.1) is 6.61 Å². The fourth-order valence-corrected chi connectivity index (χ4v) is 3.16. The lowest BCUT2D eigenvalue weighted by atomic mass is 9.98. The maximum absolute atomic E-state index is 9.20. The van der Waals surface area contributed by atoms with Crippen molar-refractivity contribution in [2.45, 2.75) is 39.2 Å². The Bertz CT molecular complexity index is 689. The summed E-state index contributed by atoms with van der Waals surface area (Å²) in [4.78, 5) is 2.49. The second kappa shape index (κ2) is 8.47. The first kappa shape index (κ1) is 18.7. The topological polar surface area (TPSA) is 55.5 Å². The third kappa shape index (κ3) is 5.78. The standard InChI is InChI=1S/C20H27NO2S/c1-15-6-7-17(13-16(15)2)23-12-4-5-18-8-9-19(24-18)10-11-20(3,21)14-22/h4-9,13,22H,10-12,14,21H2,1-3H3/b5-4+.